The van der Waals surface area contributed by atoms with Crippen LogP contribution in [0.25, 0.3) is 5.78 Å². The smallest absolute Gasteiger partial charge is 0.254 e. The average Bonchev–Trinajstić information content (AvgIpc) is 2.87. The summed E-state index contributed by atoms with van der Waals surface area (Å²) in [5.41, 5.74) is 0.834. The Balaban J connectivity index is 1.54. The molecule has 0 aliphatic heterocycles. The van der Waals surface area contributed by atoms with Crippen molar-refractivity contribution in [1.82, 2.24) is 19.6 Å². The van der Waals surface area contributed by atoms with Crippen molar-refractivity contribution in [3.05, 3.63) is 18.1 Å². The highest BCUT2D eigenvalue weighted by Crippen LogP contribution is 2.19. The topological polar surface area (TPSA) is 73.6 Å². The fraction of sp³-hybridized carbons (Fsp3) is 0.688. The molecule has 1 saturated carbocycles. The van der Waals surface area contributed by atoms with Crippen LogP contribution in [-0.2, 0) is 16.1 Å². The molecule has 7 nitrogen and oxygen atoms in total. The zero-order chi connectivity index (χ0) is 15.9. The number of nitrogens with zero attached hydrogens (tertiary/aromatic N) is 4. The van der Waals surface area contributed by atoms with E-state index in [1.807, 2.05) is 6.07 Å². The number of rotatable bonds is 7. The van der Waals surface area contributed by atoms with Gasteiger partial charge in [0.25, 0.3) is 5.78 Å². The number of hydrogen-bond acceptors (Lipinski definition) is 6. The Labute approximate surface area is 136 Å². The number of anilines is 1. The highest BCUT2D eigenvalue weighted by atomic mass is 16.5. The van der Waals surface area contributed by atoms with E-state index in [-0.39, 0.29) is 0 Å². The molecule has 0 radical (unpaired) electrons. The van der Waals surface area contributed by atoms with Crippen molar-refractivity contribution >= 4 is 11.6 Å². The molecule has 1 aliphatic carbocycles. The van der Waals surface area contributed by atoms with Gasteiger partial charge in [0.1, 0.15) is 12.1 Å². The molecule has 0 atom stereocenters. The second-order valence-electron chi connectivity index (χ2n) is 5.95. The number of nitrogens with one attached hydrogen (secondary N) is 1. The Morgan fingerprint density at radius 1 is 1.26 bits per heavy atom. The maximum Gasteiger partial charge on any atom is 0.254 e. The van der Waals surface area contributed by atoms with E-state index in [4.69, 9.17) is 9.47 Å². The normalized spacial score (nSPS) is 16.6. The summed E-state index contributed by atoms with van der Waals surface area (Å²) in [4.78, 5) is 8.54. The maximum absolute atomic E-state index is 6.01. The van der Waals surface area contributed by atoms with Gasteiger partial charge in [-0.2, -0.15) is 14.6 Å². The molecule has 2 heterocycles. The SMILES string of the molecule is COCc1cc(NCCOC2CCCCCC2)n2ncnc2n1. The van der Waals surface area contributed by atoms with Crippen LogP contribution in [0, 0.1) is 0 Å². The third-order valence-electron chi connectivity index (χ3n) is 4.16. The van der Waals surface area contributed by atoms with Crippen LogP contribution in [0.5, 0.6) is 0 Å². The molecule has 1 N–H and O–H groups in total. The zero-order valence-electron chi connectivity index (χ0n) is 13.7. The van der Waals surface area contributed by atoms with Crippen molar-refractivity contribution in [2.45, 2.75) is 51.2 Å². The van der Waals surface area contributed by atoms with E-state index in [0.29, 0.717) is 25.1 Å². The molecule has 7 heteroatoms. The van der Waals surface area contributed by atoms with Crippen molar-refractivity contribution in [2.24, 2.45) is 0 Å². The Morgan fingerprint density at radius 3 is 2.87 bits per heavy atom. The molecule has 1 fully saturated rings. The van der Waals surface area contributed by atoms with Crippen LogP contribution in [-0.4, -0.2) is 45.9 Å². The summed E-state index contributed by atoms with van der Waals surface area (Å²) in [6.45, 7) is 1.89. The Bertz CT molecular complexity index is 608. The van der Waals surface area contributed by atoms with E-state index in [1.165, 1.54) is 44.9 Å². The van der Waals surface area contributed by atoms with Crippen LogP contribution in [0.1, 0.15) is 44.2 Å². The van der Waals surface area contributed by atoms with E-state index in [0.717, 1.165) is 18.1 Å². The van der Waals surface area contributed by atoms with Crippen LogP contribution in [0.4, 0.5) is 5.82 Å². The minimum Gasteiger partial charge on any atom is -0.378 e. The molecule has 0 saturated heterocycles. The molecule has 2 aromatic rings. The molecule has 0 bridgehead atoms. The summed E-state index contributed by atoms with van der Waals surface area (Å²) in [7, 11) is 1.66. The van der Waals surface area contributed by atoms with Gasteiger partial charge in [-0.05, 0) is 12.8 Å². The lowest BCUT2D eigenvalue weighted by Crippen LogP contribution is -2.19. The van der Waals surface area contributed by atoms with Crippen LogP contribution in [0.15, 0.2) is 12.4 Å². The standard InChI is InChI=1S/C16H25N5O2/c1-22-11-13-10-15(21-16(20-13)18-12-19-21)17-8-9-23-14-6-4-2-3-5-7-14/h10,12,14,17H,2-9,11H2,1H3. The van der Waals surface area contributed by atoms with Crippen molar-refractivity contribution in [1.29, 1.82) is 0 Å². The largest absolute Gasteiger partial charge is 0.378 e. The molecule has 0 amide bonds. The summed E-state index contributed by atoms with van der Waals surface area (Å²) in [5.74, 6) is 1.44. The predicted octanol–water partition coefficient (Wildman–Crippen LogP) is 2.42. The third-order valence-corrected chi connectivity index (χ3v) is 4.16. The van der Waals surface area contributed by atoms with Gasteiger partial charge in [-0.1, -0.05) is 25.7 Å². The first kappa shape index (κ1) is 16.1. The fourth-order valence-electron chi connectivity index (χ4n) is 3.02. The first-order chi connectivity index (χ1) is 11.4. The second kappa shape index (κ2) is 8.21. The van der Waals surface area contributed by atoms with Crippen LogP contribution < -0.4 is 5.32 Å². The molecule has 1 aliphatic rings. The second-order valence-corrected chi connectivity index (χ2v) is 5.95. The van der Waals surface area contributed by atoms with E-state index in [1.54, 1.807) is 11.6 Å². The number of fused-ring (bicyclic) bond motifs is 1. The van der Waals surface area contributed by atoms with E-state index < -0.39 is 0 Å². The number of methoxy groups -OCH3 is 1. The minimum absolute atomic E-state index is 0.423. The summed E-state index contributed by atoms with van der Waals surface area (Å²) in [6, 6.07) is 1.94. The average molecular weight is 319 g/mol. The summed E-state index contributed by atoms with van der Waals surface area (Å²) in [6.07, 6.45) is 9.61. The Hall–Kier alpha value is -1.73. The highest BCUT2D eigenvalue weighted by molar-refractivity contribution is 5.44. The van der Waals surface area contributed by atoms with Crippen LogP contribution in [0.3, 0.4) is 0 Å². The van der Waals surface area contributed by atoms with Crippen molar-refractivity contribution in [2.75, 3.05) is 25.6 Å². The first-order valence-corrected chi connectivity index (χ1v) is 8.41. The Kier molecular flexibility index (Phi) is 5.76. The molecular weight excluding hydrogens is 294 g/mol. The van der Waals surface area contributed by atoms with Crippen molar-refractivity contribution < 1.29 is 9.47 Å². The lowest BCUT2D eigenvalue weighted by molar-refractivity contribution is 0.0501. The number of ether oxygens (including phenoxy) is 2. The van der Waals surface area contributed by atoms with Gasteiger partial charge in [-0.3, -0.25) is 0 Å². The van der Waals surface area contributed by atoms with Gasteiger partial charge in [-0.25, -0.2) is 4.98 Å². The van der Waals surface area contributed by atoms with Gasteiger partial charge >= 0.3 is 0 Å². The molecule has 0 aromatic carbocycles. The van der Waals surface area contributed by atoms with E-state index in [9.17, 15) is 0 Å². The van der Waals surface area contributed by atoms with Gasteiger partial charge in [0.15, 0.2) is 0 Å². The van der Waals surface area contributed by atoms with Gasteiger partial charge in [0, 0.05) is 19.7 Å². The first-order valence-electron chi connectivity index (χ1n) is 8.41. The molecular formula is C16H25N5O2. The van der Waals surface area contributed by atoms with Crippen molar-refractivity contribution in [3.8, 4) is 0 Å². The molecule has 2 aromatic heterocycles. The van der Waals surface area contributed by atoms with E-state index >= 15 is 0 Å². The molecule has 23 heavy (non-hydrogen) atoms. The lowest BCUT2D eigenvalue weighted by atomic mass is 10.1. The Morgan fingerprint density at radius 2 is 2.09 bits per heavy atom. The van der Waals surface area contributed by atoms with Gasteiger partial charge < -0.3 is 14.8 Å². The maximum atomic E-state index is 6.01. The van der Waals surface area contributed by atoms with Crippen LogP contribution in [0.2, 0.25) is 0 Å². The summed E-state index contributed by atoms with van der Waals surface area (Å²) in [5, 5.41) is 7.57. The van der Waals surface area contributed by atoms with Crippen molar-refractivity contribution in [3.63, 3.8) is 0 Å². The molecule has 0 spiro atoms. The van der Waals surface area contributed by atoms with Gasteiger partial charge in [0.05, 0.1) is 25.0 Å². The van der Waals surface area contributed by atoms with Crippen LogP contribution >= 0.6 is 0 Å². The third kappa shape index (κ3) is 4.39. The lowest BCUT2D eigenvalue weighted by Gasteiger charge is -2.16. The molecule has 126 valence electrons. The number of aromatic nitrogens is 4. The van der Waals surface area contributed by atoms with Gasteiger partial charge in [-0.15, -0.1) is 0 Å². The number of hydrogen-bond donors (Lipinski definition) is 1. The molecule has 3 rings (SSSR count). The summed E-state index contributed by atoms with van der Waals surface area (Å²) < 4.78 is 12.9. The summed E-state index contributed by atoms with van der Waals surface area (Å²) >= 11 is 0. The fourth-order valence-corrected chi connectivity index (χ4v) is 3.02. The minimum atomic E-state index is 0.423. The predicted molar refractivity (Wildman–Crippen MR) is 87.4 cm³/mol. The monoisotopic (exact) mass is 319 g/mol. The van der Waals surface area contributed by atoms with Gasteiger partial charge in [0.2, 0.25) is 0 Å². The highest BCUT2D eigenvalue weighted by Gasteiger charge is 2.12. The molecule has 0 unspecified atom stereocenters. The zero-order valence-corrected chi connectivity index (χ0v) is 13.7. The quantitative estimate of drug-likeness (QED) is 0.624. The van der Waals surface area contributed by atoms with E-state index in [2.05, 4.69) is 20.4 Å².